The van der Waals surface area contributed by atoms with E-state index in [4.69, 9.17) is 0 Å². The van der Waals surface area contributed by atoms with E-state index in [1.165, 1.54) is 19.3 Å². The molecule has 3 N–H and O–H groups in total. The van der Waals surface area contributed by atoms with Crippen LogP contribution in [-0.2, 0) is 4.79 Å². The van der Waals surface area contributed by atoms with Crippen LogP contribution in [0.15, 0.2) is 0 Å². The number of carbonyl (C=O) groups excluding carboxylic acids is 1. The molecule has 2 fully saturated rings. The normalized spacial score (nSPS) is 32.3. The molecular weight excluding hydrogens is 204 g/mol. The predicted octanol–water partition coefficient (Wildman–Crippen LogP) is -0.547. The lowest BCUT2D eigenvalue weighted by Crippen LogP contribution is -2.61. The Hall–Kier alpha value is -0.650. The van der Waals surface area contributed by atoms with Crippen molar-refractivity contribution in [2.45, 2.75) is 38.3 Å². The Morgan fingerprint density at radius 3 is 2.56 bits per heavy atom. The lowest BCUT2D eigenvalue weighted by molar-refractivity contribution is -0.128. The zero-order valence-electron chi connectivity index (χ0n) is 9.96. The van der Waals surface area contributed by atoms with Gasteiger partial charge < -0.3 is 10.6 Å². The molecule has 2 aliphatic rings. The van der Waals surface area contributed by atoms with E-state index in [2.05, 4.69) is 23.0 Å². The lowest BCUT2D eigenvalue weighted by Gasteiger charge is -2.32. The molecule has 2 atom stereocenters. The molecule has 0 aromatic carbocycles. The smallest absolute Gasteiger partial charge is 0.252 e. The minimum Gasteiger partial charge on any atom is -0.311 e. The number of piperidine rings is 1. The first-order valence-electron chi connectivity index (χ1n) is 6.28. The summed E-state index contributed by atoms with van der Waals surface area (Å²) in [5.41, 5.74) is 3.00. The highest BCUT2D eigenvalue weighted by Crippen LogP contribution is 2.06. The number of hydrazine groups is 1. The monoisotopic (exact) mass is 226 g/mol. The molecule has 0 aromatic rings. The molecule has 0 spiro atoms. The second-order valence-corrected chi connectivity index (χ2v) is 4.79. The van der Waals surface area contributed by atoms with Crippen molar-refractivity contribution < 1.29 is 4.79 Å². The maximum absolute atomic E-state index is 11.9. The summed E-state index contributed by atoms with van der Waals surface area (Å²) in [5, 5.41) is 8.61. The third kappa shape index (κ3) is 3.17. The number of hydrogen-bond acceptors (Lipinski definition) is 4. The molecule has 0 radical (unpaired) electrons. The van der Waals surface area contributed by atoms with E-state index in [9.17, 15) is 4.79 Å². The molecular formula is C11H22N4O. The van der Waals surface area contributed by atoms with Gasteiger partial charge in [-0.25, -0.2) is 5.01 Å². The summed E-state index contributed by atoms with van der Waals surface area (Å²) < 4.78 is 0. The molecule has 0 aromatic heterocycles. The quantitative estimate of drug-likeness (QED) is 0.591. The van der Waals surface area contributed by atoms with E-state index in [0.29, 0.717) is 6.04 Å². The number of amides is 1. The lowest BCUT2D eigenvalue weighted by atomic mass is 10.1. The second-order valence-electron chi connectivity index (χ2n) is 4.79. The van der Waals surface area contributed by atoms with Crippen LogP contribution in [0.5, 0.6) is 0 Å². The summed E-state index contributed by atoms with van der Waals surface area (Å²) >= 11 is 0. The fraction of sp³-hybridized carbons (Fsp3) is 0.909. The molecule has 0 saturated carbocycles. The number of nitrogens with one attached hydrogen (secondary N) is 3. The van der Waals surface area contributed by atoms with Crippen molar-refractivity contribution in [3.8, 4) is 0 Å². The Kier molecular flexibility index (Phi) is 4.15. The fourth-order valence-corrected chi connectivity index (χ4v) is 2.21. The average molecular weight is 226 g/mol. The largest absolute Gasteiger partial charge is 0.311 e. The second kappa shape index (κ2) is 5.61. The van der Waals surface area contributed by atoms with Crippen molar-refractivity contribution in [2.75, 3.05) is 26.2 Å². The third-order valence-corrected chi connectivity index (χ3v) is 3.28. The Morgan fingerprint density at radius 2 is 1.94 bits per heavy atom. The average Bonchev–Trinajstić information content (AvgIpc) is 2.31. The zero-order valence-corrected chi connectivity index (χ0v) is 9.96. The first-order valence-corrected chi connectivity index (χ1v) is 6.28. The van der Waals surface area contributed by atoms with Gasteiger partial charge >= 0.3 is 0 Å². The van der Waals surface area contributed by atoms with Crippen LogP contribution in [-0.4, -0.2) is 49.2 Å². The Balaban J connectivity index is 1.74. The first-order chi connectivity index (χ1) is 7.75. The molecule has 16 heavy (non-hydrogen) atoms. The van der Waals surface area contributed by atoms with Gasteiger partial charge in [-0.05, 0) is 19.8 Å². The molecule has 0 aliphatic carbocycles. The summed E-state index contributed by atoms with van der Waals surface area (Å²) in [6, 6.07) is 0.372. The van der Waals surface area contributed by atoms with Gasteiger partial charge in [-0.15, -0.1) is 0 Å². The van der Waals surface area contributed by atoms with Crippen molar-refractivity contribution in [1.29, 1.82) is 0 Å². The SMILES string of the molecule is CC1CNC(C(=O)NN2CCCCC2)CN1. The van der Waals surface area contributed by atoms with Crippen LogP contribution in [0.4, 0.5) is 0 Å². The fourth-order valence-electron chi connectivity index (χ4n) is 2.21. The van der Waals surface area contributed by atoms with Crippen LogP contribution >= 0.6 is 0 Å². The third-order valence-electron chi connectivity index (χ3n) is 3.28. The van der Waals surface area contributed by atoms with Crippen molar-refractivity contribution in [1.82, 2.24) is 21.1 Å². The van der Waals surface area contributed by atoms with Gasteiger partial charge in [0.2, 0.25) is 0 Å². The van der Waals surface area contributed by atoms with Crippen LogP contribution in [0.25, 0.3) is 0 Å². The van der Waals surface area contributed by atoms with Crippen LogP contribution < -0.4 is 16.1 Å². The Morgan fingerprint density at radius 1 is 1.19 bits per heavy atom. The van der Waals surface area contributed by atoms with E-state index in [1.807, 2.05) is 5.01 Å². The Bertz CT molecular complexity index is 232. The number of piperazine rings is 1. The molecule has 5 nitrogen and oxygen atoms in total. The van der Waals surface area contributed by atoms with Gasteiger partial charge in [0.1, 0.15) is 6.04 Å². The molecule has 2 unspecified atom stereocenters. The first kappa shape index (κ1) is 11.8. The minimum absolute atomic E-state index is 0.0851. The van der Waals surface area contributed by atoms with E-state index in [0.717, 1.165) is 26.2 Å². The molecule has 2 saturated heterocycles. The molecule has 92 valence electrons. The number of rotatable bonds is 2. The van der Waals surface area contributed by atoms with Crippen LogP contribution in [0.3, 0.4) is 0 Å². The molecule has 2 aliphatic heterocycles. The molecule has 0 bridgehead atoms. The highest BCUT2D eigenvalue weighted by Gasteiger charge is 2.24. The Labute approximate surface area is 96.9 Å². The molecule has 5 heteroatoms. The van der Waals surface area contributed by atoms with Crippen molar-refractivity contribution in [2.24, 2.45) is 0 Å². The molecule has 2 rings (SSSR count). The van der Waals surface area contributed by atoms with E-state index in [1.54, 1.807) is 0 Å². The van der Waals surface area contributed by atoms with Crippen LogP contribution in [0, 0.1) is 0 Å². The summed E-state index contributed by atoms with van der Waals surface area (Å²) in [4.78, 5) is 11.9. The summed E-state index contributed by atoms with van der Waals surface area (Å²) in [6.45, 7) is 5.68. The standard InChI is InChI=1S/C11H22N4O/c1-9-7-13-10(8-12-9)11(16)14-15-5-3-2-4-6-15/h9-10,12-13H,2-8H2,1H3,(H,14,16). The van der Waals surface area contributed by atoms with Gasteiger partial charge in [-0.2, -0.15) is 0 Å². The van der Waals surface area contributed by atoms with Gasteiger partial charge in [-0.3, -0.25) is 10.2 Å². The van der Waals surface area contributed by atoms with Crippen LogP contribution in [0.1, 0.15) is 26.2 Å². The number of carbonyl (C=O) groups is 1. The molecule has 2 heterocycles. The van der Waals surface area contributed by atoms with Gasteiger partial charge in [0.05, 0.1) is 0 Å². The van der Waals surface area contributed by atoms with E-state index >= 15 is 0 Å². The molecule has 1 amide bonds. The highest BCUT2D eigenvalue weighted by atomic mass is 16.2. The van der Waals surface area contributed by atoms with Crippen LogP contribution in [0.2, 0.25) is 0 Å². The number of hydrogen-bond donors (Lipinski definition) is 3. The maximum Gasteiger partial charge on any atom is 0.252 e. The van der Waals surface area contributed by atoms with Gasteiger partial charge in [-0.1, -0.05) is 6.42 Å². The van der Waals surface area contributed by atoms with Crippen molar-refractivity contribution in [3.05, 3.63) is 0 Å². The summed E-state index contributed by atoms with van der Waals surface area (Å²) in [6.07, 6.45) is 3.66. The van der Waals surface area contributed by atoms with E-state index in [-0.39, 0.29) is 11.9 Å². The minimum atomic E-state index is -0.0851. The van der Waals surface area contributed by atoms with Gasteiger partial charge in [0, 0.05) is 32.2 Å². The van der Waals surface area contributed by atoms with Crippen molar-refractivity contribution >= 4 is 5.91 Å². The van der Waals surface area contributed by atoms with E-state index < -0.39 is 0 Å². The van der Waals surface area contributed by atoms with Gasteiger partial charge in [0.15, 0.2) is 0 Å². The predicted molar refractivity (Wildman–Crippen MR) is 62.8 cm³/mol. The maximum atomic E-state index is 11.9. The number of nitrogens with zero attached hydrogens (tertiary/aromatic N) is 1. The van der Waals surface area contributed by atoms with Crippen molar-refractivity contribution in [3.63, 3.8) is 0 Å². The highest BCUT2D eigenvalue weighted by molar-refractivity contribution is 5.81. The topological polar surface area (TPSA) is 56.4 Å². The summed E-state index contributed by atoms with van der Waals surface area (Å²) in [7, 11) is 0. The summed E-state index contributed by atoms with van der Waals surface area (Å²) in [5.74, 6) is 0.0984. The zero-order chi connectivity index (χ0) is 11.4. The van der Waals surface area contributed by atoms with Gasteiger partial charge in [0.25, 0.3) is 5.91 Å².